The zero-order chi connectivity index (χ0) is 6.85. The van der Waals surface area contributed by atoms with Gasteiger partial charge in [0.25, 0.3) is 0 Å². The first kappa shape index (κ1) is 6.70. The van der Waals surface area contributed by atoms with Crippen LogP contribution in [-0.4, -0.2) is 20.1 Å². The number of aryl methyl sites for hydroxylation is 1. The van der Waals surface area contributed by atoms with Gasteiger partial charge in [-0.1, -0.05) is 0 Å². The van der Waals surface area contributed by atoms with Crippen molar-refractivity contribution in [2.24, 2.45) is 0 Å². The molecule has 0 aliphatic heterocycles. The van der Waals surface area contributed by atoms with Crippen molar-refractivity contribution in [1.29, 1.82) is 0 Å². The van der Waals surface area contributed by atoms with Gasteiger partial charge in [-0.05, 0) is 22.9 Å². The molecule has 50 valence electrons. The summed E-state index contributed by atoms with van der Waals surface area (Å²) >= 11 is 3.15. The van der Waals surface area contributed by atoms with Gasteiger partial charge in [0.05, 0.1) is 5.69 Å². The molecular weight excluding hydrogens is 186 g/mol. The summed E-state index contributed by atoms with van der Waals surface area (Å²) in [6, 6.07) is 0. The fourth-order valence-electron chi connectivity index (χ4n) is 0.474. The molecule has 0 fully saturated rings. The van der Waals surface area contributed by atoms with E-state index in [4.69, 9.17) is 5.11 Å². The van der Waals surface area contributed by atoms with Crippen LogP contribution in [-0.2, 0) is 6.73 Å². The Kier molecular flexibility index (Phi) is 1.82. The molecule has 0 bridgehead atoms. The van der Waals surface area contributed by atoms with Crippen LogP contribution < -0.4 is 0 Å². The summed E-state index contributed by atoms with van der Waals surface area (Å²) < 4.78 is 0.677. The van der Waals surface area contributed by atoms with Gasteiger partial charge in [0.1, 0.15) is 0 Å². The molecule has 0 aliphatic carbocycles. The van der Waals surface area contributed by atoms with Crippen molar-refractivity contribution in [1.82, 2.24) is 15.0 Å². The third-order valence-corrected chi connectivity index (χ3v) is 1.63. The van der Waals surface area contributed by atoms with Gasteiger partial charge >= 0.3 is 0 Å². The van der Waals surface area contributed by atoms with Crippen LogP contribution in [0.5, 0.6) is 0 Å². The van der Waals surface area contributed by atoms with E-state index in [0.29, 0.717) is 4.60 Å². The number of hydrogen-bond donors (Lipinski definition) is 1. The Morgan fingerprint density at radius 3 is 2.56 bits per heavy atom. The largest absolute Gasteiger partial charge is 0.373 e. The van der Waals surface area contributed by atoms with Crippen LogP contribution in [0.4, 0.5) is 0 Å². The first-order valence-corrected chi connectivity index (χ1v) is 3.21. The van der Waals surface area contributed by atoms with Gasteiger partial charge in [-0.3, -0.25) is 0 Å². The molecule has 1 rings (SSSR count). The van der Waals surface area contributed by atoms with Crippen LogP contribution in [0.2, 0.25) is 0 Å². The summed E-state index contributed by atoms with van der Waals surface area (Å²) in [4.78, 5) is 1.21. The quantitative estimate of drug-likeness (QED) is 0.695. The van der Waals surface area contributed by atoms with Crippen LogP contribution in [0.3, 0.4) is 0 Å². The topological polar surface area (TPSA) is 50.9 Å². The van der Waals surface area contributed by atoms with Gasteiger partial charge in [0.15, 0.2) is 11.3 Å². The fraction of sp³-hybridized carbons (Fsp3) is 0.500. The number of hydrogen-bond acceptors (Lipinski definition) is 3. The maximum absolute atomic E-state index is 8.49. The molecule has 4 nitrogen and oxygen atoms in total. The molecule has 1 aromatic heterocycles. The van der Waals surface area contributed by atoms with Crippen molar-refractivity contribution in [2.75, 3.05) is 0 Å². The molecule has 0 saturated carbocycles. The normalized spacial score (nSPS) is 10.1. The summed E-state index contributed by atoms with van der Waals surface area (Å²) in [7, 11) is 0. The highest BCUT2D eigenvalue weighted by Crippen LogP contribution is 2.07. The average Bonchev–Trinajstić information content (AvgIpc) is 2.13. The SMILES string of the molecule is Cc1nn(CO)nc1Br. The minimum Gasteiger partial charge on any atom is -0.373 e. The minimum absolute atomic E-state index is 0.174. The number of halogens is 1. The first-order chi connectivity index (χ1) is 4.24. The number of rotatable bonds is 1. The molecule has 0 amide bonds. The Hall–Kier alpha value is -0.420. The second-order valence-electron chi connectivity index (χ2n) is 1.59. The predicted octanol–water partition coefficient (Wildman–Crippen LogP) is 0.299. The van der Waals surface area contributed by atoms with E-state index in [9.17, 15) is 0 Å². The van der Waals surface area contributed by atoms with E-state index >= 15 is 0 Å². The summed E-state index contributed by atoms with van der Waals surface area (Å²) in [6.07, 6.45) is 0. The van der Waals surface area contributed by atoms with Gasteiger partial charge in [-0.25, -0.2) is 0 Å². The van der Waals surface area contributed by atoms with E-state index in [0.717, 1.165) is 5.69 Å². The number of aliphatic hydroxyl groups excluding tert-OH is 1. The summed E-state index contributed by atoms with van der Waals surface area (Å²) in [5, 5.41) is 16.1. The van der Waals surface area contributed by atoms with Crippen molar-refractivity contribution in [3.63, 3.8) is 0 Å². The second-order valence-corrected chi connectivity index (χ2v) is 2.34. The van der Waals surface area contributed by atoms with Gasteiger partial charge in [0, 0.05) is 0 Å². The monoisotopic (exact) mass is 191 g/mol. The second kappa shape index (κ2) is 2.45. The van der Waals surface area contributed by atoms with Gasteiger partial charge < -0.3 is 5.11 Å². The molecule has 1 N–H and O–H groups in total. The van der Waals surface area contributed by atoms with Crippen molar-refractivity contribution in [3.05, 3.63) is 10.3 Å². The van der Waals surface area contributed by atoms with Gasteiger partial charge in [-0.15, -0.1) is 5.10 Å². The molecule has 9 heavy (non-hydrogen) atoms. The first-order valence-electron chi connectivity index (χ1n) is 2.42. The highest BCUT2D eigenvalue weighted by Gasteiger charge is 1.99. The van der Waals surface area contributed by atoms with Crippen molar-refractivity contribution >= 4 is 15.9 Å². The molecule has 1 aromatic rings. The minimum atomic E-state index is -0.174. The maximum atomic E-state index is 8.49. The molecular formula is C4H6BrN3O. The smallest absolute Gasteiger partial charge is 0.155 e. The molecule has 1 heterocycles. The molecule has 5 heteroatoms. The van der Waals surface area contributed by atoms with Crippen LogP contribution in [0.25, 0.3) is 0 Å². The number of aliphatic hydroxyl groups is 1. The maximum Gasteiger partial charge on any atom is 0.155 e. The third kappa shape index (κ3) is 1.28. The van der Waals surface area contributed by atoms with Gasteiger partial charge in [0.2, 0.25) is 0 Å². The average molecular weight is 192 g/mol. The van der Waals surface area contributed by atoms with Crippen molar-refractivity contribution < 1.29 is 5.11 Å². The zero-order valence-corrected chi connectivity index (χ0v) is 6.46. The molecule has 0 aliphatic rings. The Labute approximate surface area is 60.6 Å². The molecule has 0 atom stereocenters. The van der Waals surface area contributed by atoms with Crippen molar-refractivity contribution in [3.8, 4) is 0 Å². The highest BCUT2D eigenvalue weighted by molar-refractivity contribution is 9.10. The van der Waals surface area contributed by atoms with E-state index < -0.39 is 0 Å². The zero-order valence-electron chi connectivity index (χ0n) is 4.87. The summed E-state index contributed by atoms with van der Waals surface area (Å²) in [5.41, 5.74) is 0.782. The van der Waals surface area contributed by atoms with Crippen molar-refractivity contribution in [2.45, 2.75) is 13.7 Å². The number of nitrogens with zero attached hydrogens (tertiary/aromatic N) is 3. The van der Waals surface area contributed by atoms with E-state index in [1.165, 1.54) is 4.80 Å². The van der Waals surface area contributed by atoms with E-state index in [1.54, 1.807) is 0 Å². The summed E-state index contributed by atoms with van der Waals surface area (Å²) in [5.74, 6) is 0. The predicted molar refractivity (Wildman–Crippen MR) is 34.7 cm³/mol. The number of aromatic nitrogens is 3. The lowest BCUT2D eigenvalue weighted by atomic mass is 10.6. The Morgan fingerprint density at radius 2 is 2.33 bits per heavy atom. The Balaban J connectivity index is 2.98. The van der Waals surface area contributed by atoms with E-state index in [1.807, 2.05) is 6.92 Å². The third-order valence-electron chi connectivity index (χ3n) is 0.894. The van der Waals surface area contributed by atoms with Gasteiger partial charge in [-0.2, -0.15) is 9.90 Å². The van der Waals surface area contributed by atoms with Crippen LogP contribution in [0.1, 0.15) is 5.69 Å². The van der Waals surface area contributed by atoms with Crippen LogP contribution in [0, 0.1) is 6.92 Å². The fourth-order valence-corrected chi connectivity index (χ4v) is 0.736. The Morgan fingerprint density at radius 1 is 1.67 bits per heavy atom. The lowest BCUT2D eigenvalue weighted by Crippen LogP contribution is -2.00. The molecule has 0 aromatic carbocycles. The van der Waals surface area contributed by atoms with E-state index in [-0.39, 0.29) is 6.73 Å². The standard InChI is InChI=1S/C4H6BrN3O/c1-3-4(5)7-8(2-9)6-3/h9H,2H2,1H3. The lowest BCUT2D eigenvalue weighted by Gasteiger charge is -1.85. The molecule has 0 spiro atoms. The molecule has 0 saturated heterocycles. The van der Waals surface area contributed by atoms with Crippen LogP contribution >= 0.6 is 15.9 Å². The van der Waals surface area contributed by atoms with E-state index in [2.05, 4.69) is 26.1 Å². The Bertz CT molecular complexity index is 190. The molecule has 0 unspecified atom stereocenters. The van der Waals surface area contributed by atoms with Crippen LogP contribution in [0.15, 0.2) is 4.60 Å². The lowest BCUT2D eigenvalue weighted by molar-refractivity contribution is 0.177. The highest BCUT2D eigenvalue weighted by atomic mass is 79.9. The summed E-state index contributed by atoms with van der Waals surface area (Å²) in [6.45, 7) is 1.63. The molecule has 0 radical (unpaired) electrons.